The first-order valence-corrected chi connectivity index (χ1v) is 8.01. The molecular weight excluding hydrogens is 431 g/mol. The fourth-order valence-corrected chi connectivity index (χ4v) is 1.98. The van der Waals surface area contributed by atoms with E-state index in [1.807, 2.05) is 0 Å². The van der Waals surface area contributed by atoms with Crippen LogP contribution in [0.5, 0.6) is 5.75 Å². The molecule has 1 heterocycles. The molecule has 1 aliphatic heterocycles. The molecule has 0 amide bonds. The topological polar surface area (TPSA) is 78.7 Å². The van der Waals surface area contributed by atoms with Gasteiger partial charge in [0.1, 0.15) is 5.75 Å². The number of hydrogen-bond donors (Lipinski definition) is 3. The van der Waals surface area contributed by atoms with Gasteiger partial charge in [0.25, 0.3) is 0 Å². The van der Waals surface area contributed by atoms with Crippen LogP contribution in [-0.2, 0) is 4.74 Å². The molecule has 0 saturated carbocycles. The third-order valence-electron chi connectivity index (χ3n) is 3.17. The summed E-state index contributed by atoms with van der Waals surface area (Å²) >= 11 is 2.87. The molecule has 144 valence electrons. The minimum atomic E-state index is -5.81. The minimum Gasteiger partial charge on any atom is -0.426 e. The lowest BCUT2D eigenvalue weighted by atomic mass is 10.1. The summed E-state index contributed by atoms with van der Waals surface area (Å²) in [6.07, 6.45) is -11.1. The molecule has 1 aliphatic rings. The van der Waals surface area contributed by atoms with Gasteiger partial charge >= 0.3 is 12.3 Å². The Labute approximate surface area is 153 Å². The lowest BCUT2D eigenvalue weighted by Crippen LogP contribution is -2.42. The highest BCUT2D eigenvalue weighted by Crippen LogP contribution is 2.37. The zero-order valence-electron chi connectivity index (χ0n) is 13.0. The molecule has 1 aromatic carbocycles. The Morgan fingerprint density at radius 3 is 2.31 bits per heavy atom. The van der Waals surface area contributed by atoms with Gasteiger partial charge in [0.05, 0.1) is 13.2 Å². The Bertz CT molecular complexity index is 662. The second-order valence-corrected chi connectivity index (χ2v) is 6.05. The first-order valence-electron chi connectivity index (χ1n) is 7.22. The maximum Gasteiger partial charge on any atom is 0.499 e. The second kappa shape index (κ2) is 8.16. The van der Waals surface area contributed by atoms with Crippen molar-refractivity contribution in [1.82, 2.24) is 5.32 Å². The van der Waals surface area contributed by atoms with Crippen molar-refractivity contribution >= 4 is 32.3 Å². The van der Waals surface area contributed by atoms with Crippen molar-refractivity contribution in [2.45, 2.75) is 12.3 Å². The molecule has 2 rings (SSSR count). The van der Waals surface area contributed by atoms with Gasteiger partial charge in [-0.1, -0.05) is 0 Å². The molecule has 26 heavy (non-hydrogen) atoms. The quantitative estimate of drug-likeness (QED) is 0.281. The summed E-state index contributed by atoms with van der Waals surface area (Å²) in [6.45, 7) is 1.74. The summed E-state index contributed by atoms with van der Waals surface area (Å²) in [5.41, 5.74) is 0.345. The number of ether oxygens (including phenoxy) is 2. The van der Waals surface area contributed by atoms with Crippen LogP contribution >= 0.6 is 15.9 Å². The number of guanidine groups is 1. The van der Waals surface area contributed by atoms with Gasteiger partial charge in [-0.2, -0.15) is 26.9 Å². The average molecular weight is 445 g/mol. The van der Waals surface area contributed by atoms with E-state index in [1.54, 1.807) is 0 Å². The lowest BCUT2D eigenvalue weighted by Gasteiger charge is -2.26. The molecule has 0 spiro atoms. The molecule has 1 fully saturated rings. The van der Waals surface area contributed by atoms with E-state index in [2.05, 4.69) is 36.3 Å². The SMILES string of the molecule is N=C(Br)/N=C(/NCC1COC1)Nc1ccc(OC(F)(F)C(F)(F)F)cc1. The Morgan fingerprint density at radius 2 is 1.85 bits per heavy atom. The van der Waals surface area contributed by atoms with Crippen LogP contribution < -0.4 is 15.4 Å². The highest BCUT2D eigenvalue weighted by Gasteiger charge is 2.61. The molecule has 1 saturated heterocycles. The Morgan fingerprint density at radius 1 is 1.23 bits per heavy atom. The van der Waals surface area contributed by atoms with Crippen molar-refractivity contribution < 1.29 is 31.4 Å². The summed E-state index contributed by atoms with van der Waals surface area (Å²) in [5, 5.41) is 13.1. The van der Waals surface area contributed by atoms with Crippen LogP contribution in [0.1, 0.15) is 0 Å². The van der Waals surface area contributed by atoms with E-state index in [0.29, 0.717) is 31.4 Å². The van der Waals surface area contributed by atoms with Crippen molar-refractivity contribution in [1.29, 1.82) is 5.41 Å². The van der Waals surface area contributed by atoms with E-state index in [4.69, 9.17) is 10.1 Å². The predicted molar refractivity (Wildman–Crippen MR) is 88.1 cm³/mol. The third kappa shape index (κ3) is 5.80. The molecule has 0 atom stereocenters. The van der Waals surface area contributed by atoms with E-state index < -0.39 is 18.0 Å². The Balaban J connectivity index is 2.00. The highest BCUT2D eigenvalue weighted by atomic mass is 79.9. The summed E-state index contributed by atoms with van der Waals surface area (Å²) in [6, 6.07) is 4.39. The number of amidine groups is 1. The fourth-order valence-electron chi connectivity index (χ4n) is 1.80. The molecule has 0 radical (unpaired) electrons. The van der Waals surface area contributed by atoms with Gasteiger partial charge in [0.15, 0.2) is 4.74 Å². The summed E-state index contributed by atoms with van der Waals surface area (Å²) < 4.78 is 70.7. The number of aliphatic imine (C=N–C) groups is 1. The zero-order valence-corrected chi connectivity index (χ0v) is 14.6. The van der Waals surface area contributed by atoms with Crippen molar-refractivity contribution in [2.75, 3.05) is 25.1 Å². The van der Waals surface area contributed by atoms with Crippen molar-refractivity contribution in [3.05, 3.63) is 24.3 Å². The van der Waals surface area contributed by atoms with Crippen LogP contribution in [0.25, 0.3) is 0 Å². The second-order valence-electron chi connectivity index (χ2n) is 5.30. The molecule has 0 aromatic heterocycles. The van der Waals surface area contributed by atoms with Crippen LogP contribution in [0, 0.1) is 11.3 Å². The number of hydrogen-bond acceptors (Lipinski definition) is 3. The monoisotopic (exact) mass is 444 g/mol. The van der Waals surface area contributed by atoms with Gasteiger partial charge < -0.3 is 20.1 Å². The van der Waals surface area contributed by atoms with Crippen molar-refractivity contribution in [2.24, 2.45) is 10.9 Å². The average Bonchev–Trinajstić information content (AvgIpc) is 2.45. The molecule has 3 N–H and O–H groups in total. The number of nitrogens with zero attached hydrogens (tertiary/aromatic N) is 1. The van der Waals surface area contributed by atoms with Gasteiger partial charge in [-0.15, -0.1) is 0 Å². The van der Waals surface area contributed by atoms with E-state index in [0.717, 1.165) is 12.1 Å². The molecule has 12 heteroatoms. The maximum atomic E-state index is 12.9. The largest absolute Gasteiger partial charge is 0.499 e. The first kappa shape index (κ1) is 20.4. The minimum absolute atomic E-state index is 0.165. The Hall–Kier alpha value is -1.95. The van der Waals surface area contributed by atoms with Gasteiger partial charge in [-0.3, -0.25) is 5.41 Å². The normalized spacial score (nSPS) is 16.0. The summed E-state index contributed by atoms with van der Waals surface area (Å²) in [5.74, 6) is -0.149. The number of rotatable bonds is 5. The number of halogens is 6. The van der Waals surface area contributed by atoms with Crippen molar-refractivity contribution in [3.8, 4) is 5.75 Å². The van der Waals surface area contributed by atoms with Crippen LogP contribution in [0.15, 0.2) is 29.3 Å². The molecule has 6 nitrogen and oxygen atoms in total. The molecule has 0 bridgehead atoms. The Kier molecular flexibility index (Phi) is 6.39. The highest BCUT2D eigenvalue weighted by molar-refractivity contribution is 9.18. The van der Waals surface area contributed by atoms with Crippen LogP contribution in [0.2, 0.25) is 0 Å². The van der Waals surface area contributed by atoms with Crippen LogP contribution in [-0.4, -0.2) is 42.7 Å². The van der Waals surface area contributed by atoms with Gasteiger partial charge in [-0.25, -0.2) is 0 Å². The molecule has 0 aliphatic carbocycles. The fraction of sp³-hybridized carbons (Fsp3) is 0.429. The molecule has 1 aromatic rings. The first-order chi connectivity index (χ1) is 12.1. The number of alkyl halides is 5. The standard InChI is InChI=1S/C14H14BrF5N4O2/c15-11(21)24-12(22-5-8-6-25-7-8)23-9-1-3-10(4-2-9)26-14(19,20)13(16,17)18/h1-4,8H,5-7H2,(H3,21,22,23,24). The number of nitrogens with one attached hydrogen (secondary N) is 3. The number of benzene rings is 1. The van der Waals surface area contributed by atoms with E-state index in [1.165, 1.54) is 12.1 Å². The third-order valence-corrected chi connectivity index (χ3v) is 3.35. The zero-order chi connectivity index (χ0) is 19.4. The van der Waals surface area contributed by atoms with E-state index in [9.17, 15) is 22.0 Å². The lowest BCUT2D eigenvalue weighted by molar-refractivity contribution is -0.360. The molecular formula is C14H14BrF5N4O2. The summed E-state index contributed by atoms with van der Waals surface area (Å²) in [4.78, 5) is 3.87. The van der Waals surface area contributed by atoms with Crippen molar-refractivity contribution in [3.63, 3.8) is 0 Å². The van der Waals surface area contributed by atoms with Crippen LogP contribution in [0.4, 0.5) is 27.6 Å². The van der Waals surface area contributed by atoms with E-state index >= 15 is 0 Å². The summed E-state index contributed by atoms with van der Waals surface area (Å²) in [7, 11) is 0. The molecule has 0 unspecified atom stereocenters. The van der Waals surface area contributed by atoms with Gasteiger partial charge in [-0.05, 0) is 40.2 Å². The smallest absolute Gasteiger partial charge is 0.426 e. The van der Waals surface area contributed by atoms with Gasteiger partial charge in [0, 0.05) is 18.2 Å². The van der Waals surface area contributed by atoms with E-state index in [-0.39, 0.29) is 10.7 Å². The maximum absolute atomic E-state index is 12.9. The van der Waals surface area contributed by atoms with Gasteiger partial charge in [0.2, 0.25) is 5.96 Å². The predicted octanol–water partition coefficient (Wildman–Crippen LogP) is 3.55. The van der Waals surface area contributed by atoms with Crippen LogP contribution in [0.3, 0.4) is 0 Å². The number of anilines is 1.